The standard InChI is InChI=1S/C10H9F6N3O3/c11-5-7(22-4(2-20)9(5,12)13)19-1-3(10(14,15)16)6(17)18-8(19)21/h1,4-5,7,20H,2H2,(H2,17,18,21). The molecule has 3 unspecified atom stereocenters. The summed E-state index contributed by atoms with van der Waals surface area (Å²) in [6, 6.07) is 0. The van der Waals surface area contributed by atoms with Gasteiger partial charge in [-0.3, -0.25) is 4.57 Å². The van der Waals surface area contributed by atoms with E-state index < -0.39 is 54.3 Å². The predicted octanol–water partition coefficient (Wildman–Crippen LogP) is 0.707. The highest BCUT2D eigenvalue weighted by Gasteiger charge is 2.60. The third kappa shape index (κ3) is 2.52. The lowest BCUT2D eigenvalue weighted by atomic mass is 10.1. The van der Waals surface area contributed by atoms with Crippen molar-refractivity contribution in [3.05, 3.63) is 22.2 Å². The van der Waals surface area contributed by atoms with E-state index in [2.05, 4.69) is 9.72 Å². The molecular weight excluding hydrogens is 324 g/mol. The summed E-state index contributed by atoms with van der Waals surface area (Å²) < 4.78 is 83.0. The van der Waals surface area contributed by atoms with Crippen LogP contribution < -0.4 is 11.4 Å². The molecule has 0 aromatic carbocycles. The Labute approximate surface area is 118 Å². The third-order valence-corrected chi connectivity index (χ3v) is 3.08. The van der Waals surface area contributed by atoms with Crippen molar-refractivity contribution in [2.75, 3.05) is 12.3 Å². The lowest BCUT2D eigenvalue weighted by Gasteiger charge is -2.18. The molecule has 0 spiro atoms. The van der Waals surface area contributed by atoms with Gasteiger partial charge >= 0.3 is 17.8 Å². The summed E-state index contributed by atoms with van der Waals surface area (Å²) in [6.07, 6.45) is -12.8. The first-order chi connectivity index (χ1) is 10.00. The van der Waals surface area contributed by atoms with Crippen LogP contribution in [0.25, 0.3) is 0 Å². The maximum Gasteiger partial charge on any atom is 0.421 e. The smallest absolute Gasteiger partial charge is 0.393 e. The number of nitrogens with two attached hydrogens (primary N) is 1. The van der Waals surface area contributed by atoms with E-state index in [1.165, 1.54) is 0 Å². The molecule has 1 aliphatic heterocycles. The third-order valence-electron chi connectivity index (χ3n) is 3.08. The molecule has 1 aromatic rings. The number of nitrogens with zero attached hydrogens (tertiary/aromatic N) is 2. The molecule has 12 heteroatoms. The summed E-state index contributed by atoms with van der Waals surface area (Å²) in [5.74, 6) is -5.36. The summed E-state index contributed by atoms with van der Waals surface area (Å²) in [7, 11) is 0. The maximum absolute atomic E-state index is 13.7. The van der Waals surface area contributed by atoms with Crippen molar-refractivity contribution in [3.63, 3.8) is 0 Å². The predicted molar refractivity (Wildman–Crippen MR) is 58.8 cm³/mol. The average molecular weight is 333 g/mol. The Morgan fingerprint density at radius 3 is 2.50 bits per heavy atom. The molecule has 2 heterocycles. The van der Waals surface area contributed by atoms with Gasteiger partial charge < -0.3 is 15.6 Å². The molecule has 3 N–H and O–H groups in total. The van der Waals surface area contributed by atoms with Crippen molar-refractivity contribution in [1.29, 1.82) is 0 Å². The highest BCUT2D eigenvalue weighted by atomic mass is 19.4. The zero-order valence-corrected chi connectivity index (χ0v) is 10.5. The number of aromatic nitrogens is 2. The number of rotatable bonds is 2. The van der Waals surface area contributed by atoms with Crippen molar-refractivity contribution < 1.29 is 36.2 Å². The topological polar surface area (TPSA) is 90.4 Å². The molecule has 0 aliphatic carbocycles. The molecule has 0 radical (unpaired) electrons. The van der Waals surface area contributed by atoms with Crippen LogP contribution in [-0.2, 0) is 10.9 Å². The SMILES string of the molecule is Nc1nc(=O)n(C2OC(CO)C(F)(F)C2F)cc1C(F)(F)F. The second-order valence-corrected chi connectivity index (χ2v) is 4.50. The van der Waals surface area contributed by atoms with Crippen molar-refractivity contribution in [2.24, 2.45) is 0 Å². The quantitative estimate of drug-likeness (QED) is 0.778. The van der Waals surface area contributed by atoms with E-state index in [-0.39, 0.29) is 10.8 Å². The highest BCUT2D eigenvalue weighted by molar-refractivity contribution is 5.39. The van der Waals surface area contributed by atoms with Crippen molar-refractivity contribution in [3.8, 4) is 0 Å². The van der Waals surface area contributed by atoms with Gasteiger partial charge in [-0.15, -0.1) is 0 Å². The fourth-order valence-corrected chi connectivity index (χ4v) is 1.95. The lowest BCUT2D eigenvalue weighted by Crippen LogP contribution is -2.39. The first-order valence-electron chi connectivity index (χ1n) is 5.74. The molecule has 6 nitrogen and oxygen atoms in total. The fourth-order valence-electron chi connectivity index (χ4n) is 1.95. The molecule has 1 aliphatic rings. The number of aliphatic hydroxyl groups is 1. The Balaban J connectivity index is 2.52. The van der Waals surface area contributed by atoms with Crippen LogP contribution in [0.4, 0.5) is 32.2 Å². The Hall–Kier alpha value is -1.82. The Morgan fingerprint density at radius 1 is 1.45 bits per heavy atom. The van der Waals surface area contributed by atoms with Gasteiger partial charge in [0.05, 0.1) is 6.61 Å². The summed E-state index contributed by atoms with van der Waals surface area (Å²) >= 11 is 0. The van der Waals surface area contributed by atoms with Crippen LogP contribution in [0.3, 0.4) is 0 Å². The Morgan fingerprint density at radius 2 is 2.05 bits per heavy atom. The second kappa shape index (κ2) is 5.12. The van der Waals surface area contributed by atoms with E-state index in [4.69, 9.17) is 10.8 Å². The molecule has 0 bridgehead atoms. The minimum absolute atomic E-state index is 0.0533. The highest BCUT2D eigenvalue weighted by Crippen LogP contribution is 2.43. The van der Waals surface area contributed by atoms with E-state index >= 15 is 0 Å². The number of nitrogen functional groups attached to an aromatic ring is 1. The van der Waals surface area contributed by atoms with Gasteiger partial charge in [0.25, 0.3) is 0 Å². The largest absolute Gasteiger partial charge is 0.421 e. The number of hydrogen-bond acceptors (Lipinski definition) is 5. The fraction of sp³-hybridized carbons (Fsp3) is 0.600. The van der Waals surface area contributed by atoms with E-state index in [0.717, 1.165) is 0 Å². The van der Waals surface area contributed by atoms with Crippen molar-refractivity contribution >= 4 is 5.82 Å². The Bertz CT molecular complexity index is 631. The summed E-state index contributed by atoms with van der Waals surface area (Å²) in [6.45, 7) is -1.28. The van der Waals surface area contributed by atoms with Crippen molar-refractivity contribution in [2.45, 2.75) is 30.6 Å². The zero-order chi connectivity index (χ0) is 16.9. The van der Waals surface area contributed by atoms with Crippen LogP contribution in [-0.4, -0.2) is 39.5 Å². The molecule has 2 rings (SSSR count). The van der Waals surface area contributed by atoms with E-state index in [9.17, 15) is 31.1 Å². The van der Waals surface area contributed by atoms with Gasteiger partial charge in [-0.05, 0) is 0 Å². The van der Waals surface area contributed by atoms with Crippen LogP contribution in [0.2, 0.25) is 0 Å². The van der Waals surface area contributed by atoms with E-state index in [1.54, 1.807) is 0 Å². The van der Waals surface area contributed by atoms with Gasteiger partial charge in [-0.2, -0.15) is 18.2 Å². The van der Waals surface area contributed by atoms with Gasteiger partial charge in [0, 0.05) is 6.20 Å². The molecule has 124 valence electrons. The van der Waals surface area contributed by atoms with Crippen molar-refractivity contribution in [1.82, 2.24) is 9.55 Å². The van der Waals surface area contributed by atoms with Crippen LogP contribution in [0.15, 0.2) is 11.0 Å². The number of halogens is 6. The number of anilines is 1. The monoisotopic (exact) mass is 333 g/mol. The van der Waals surface area contributed by atoms with Gasteiger partial charge in [0.15, 0.2) is 6.23 Å². The number of ether oxygens (including phenoxy) is 1. The van der Waals surface area contributed by atoms with Crippen LogP contribution in [0, 0.1) is 0 Å². The first kappa shape index (κ1) is 16.5. The van der Waals surface area contributed by atoms with Crippen LogP contribution in [0.1, 0.15) is 11.8 Å². The maximum atomic E-state index is 13.7. The van der Waals surface area contributed by atoms with E-state index in [1.807, 2.05) is 0 Å². The van der Waals surface area contributed by atoms with Gasteiger partial charge in [0.2, 0.25) is 6.17 Å². The molecule has 3 atom stereocenters. The first-order valence-corrected chi connectivity index (χ1v) is 5.74. The summed E-state index contributed by atoms with van der Waals surface area (Å²) in [5.41, 5.74) is 1.86. The lowest BCUT2D eigenvalue weighted by molar-refractivity contribution is -0.138. The number of aliphatic hydroxyl groups excluding tert-OH is 1. The molecular formula is C10H9F6N3O3. The van der Waals surface area contributed by atoms with Gasteiger partial charge in [0.1, 0.15) is 17.5 Å². The minimum Gasteiger partial charge on any atom is -0.393 e. The second-order valence-electron chi connectivity index (χ2n) is 4.50. The zero-order valence-electron chi connectivity index (χ0n) is 10.5. The van der Waals surface area contributed by atoms with Gasteiger partial charge in [-0.25, -0.2) is 18.0 Å². The molecule has 1 saturated heterocycles. The molecule has 1 fully saturated rings. The van der Waals surface area contributed by atoms with Crippen LogP contribution in [0.5, 0.6) is 0 Å². The number of alkyl halides is 6. The summed E-state index contributed by atoms with van der Waals surface area (Å²) in [5, 5.41) is 8.71. The van der Waals surface area contributed by atoms with E-state index in [0.29, 0.717) is 0 Å². The molecule has 22 heavy (non-hydrogen) atoms. The normalized spacial score (nSPS) is 28.0. The average Bonchev–Trinajstić information content (AvgIpc) is 2.60. The van der Waals surface area contributed by atoms with Gasteiger partial charge in [-0.1, -0.05) is 0 Å². The van der Waals surface area contributed by atoms with Crippen LogP contribution >= 0.6 is 0 Å². The Kier molecular flexibility index (Phi) is 3.85. The minimum atomic E-state index is -5.03. The summed E-state index contributed by atoms with van der Waals surface area (Å²) in [4.78, 5) is 14.3. The molecule has 0 amide bonds. The molecule has 1 aromatic heterocycles. The molecule has 0 saturated carbocycles. The number of hydrogen-bond donors (Lipinski definition) is 2.